The van der Waals surface area contributed by atoms with E-state index in [9.17, 15) is 13.2 Å². The number of rotatable bonds is 4. The third-order valence-electron chi connectivity index (χ3n) is 6.95. The van der Waals surface area contributed by atoms with E-state index in [1.165, 1.54) is 25.2 Å². The largest absolute Gasteiger partial charge is 0.491 e. The van der Waals surface area contributed by atoms with Crippen LogP contribution in [0.4, 0.5) is 11.4 Å². The zero-order valence-electron chi connectivity index (χ0n) is 17.8. The fraction of sp³-hybridized carbons (Fsp3) is 0.458. The average molecular weight is 441 g/mol. The standard InChI is InChI=1S/C24H28N2O4S/c1-31(28,29)18-7-8-19(21(16-18)26-13-11-24(9-10-24)12-14-26)23(27)25-20-6-2-4-17-5-3-15-30-22(17)20/h2,4,6-8,16H,3,5,9-15H2,1H3,(H,25,27). The Morgan fingerprint density at radius 1 is 1.10 bits per heavy atom. The summed E-state index contributed by atoms with van der Waals surface area (Å²) in [6.45, 7) is 2.33. The van der Waals surface area contributed by atoms with E-state index in [0.29, 0.717) is 29.0 Å². The molecule has 0 radical (unpaired) electrons. The van der Waals surface area contributed by atoms with Crippen molar-refractivity contribution in [3.8, 4) is 5.75 Å². The van der Waals surface area contributed by atoms with Crippen LogP contribution in [0, 0.1) is 5.41 Å². The molecule has 0 aromatic heterocycles. The molecule has 2 aliphatic heterocycles. The van der Waals surface area contributed by atoms with Crippen LogP contribution in [0.5, 0.6) is 5.75 Å². The van der Waals surface area contributed by atoms with Crippen molar-refractivity contribution in [3.63, 3.8) is 0 Å². The maximum Gasteiger partial charge on any atom is 0.257 e. The number of carbonyl (C=O) groups is 1. The van der Waals surface area contributed by atoms with Gasteiger partial charge in [-0.3, -0.25) is 4.79 Å². The van der Waals surface area contributed by atoms with E-state index < -0.39 is 9.84 Å². The molecule has 2 heterocycles. The van der Waals surface area contributed by atoms with Gasteiger partial charge in [-0.2, -0.15) is 0 Å². The zero-order chi connectivity index (χ0) is 21.6. The van der Waals surface area contributed by atoms with E-state index in [1.54, 1.807) is 12.1 Å². The molecule has 6 nitrogen and oxygen atoms in total. The lowest BCUT2D eigenvalue weighted by atomic mass is 9.93. The summed E-state index contributed by atoms with van der Waals surface area (Å²) in [7, 11) is -3.37. The maximum absolute atomic E-state index is 13.3. The van der Waals surface area contributed by atoms with Crippen LogP contribution in [0.25, 0.3) is 0 Å². The molecule has 2 aromatic carbocycles. The van der Waals surface area contributed by atoms with Crippen molar-refractivity contribution in [2.75, 3.05) is 36.2 Å². The second kappa shape index (κ2) is 7.55. The number of hydrogen-bond donors (Lipinski definition) is 1. The van der Waals surface area contributed by atoms with Crippen LogP contribution in [0.2, 0.25) is 0 Å². The van der Waals surface area contributed by atoms with Gasteiger partial charge in [0.25, 0.3) is 5.91 Å². The summed E-state index contributed by atoms with van der Waals surface area (Å²) < 4.78 is 30.2. The van der Waals surface area contributed by atoms with E-state index in [0.717, 1.165) is 50.1 Å². The molecular formula is C24H28N2O4S. The third-order valence-corrected chi connectivity index (χ3v) is 8.06. The Bertz CT molecular complexity index is 1130. The molecule has 0 unspecified atom stereocenters. The summed E-state index contributed by atoms with van der Waals surface area (Å²) in [5, 5.41) is 3.01. The molecule has 1 amide bonds. The average Bonchev–Trinajstić information content (AvgIpc) is 3.52. The van der Waals surface area contributed by atoms with Gasteiger partial charge in [0.15, 0.2) is 9.84 Å². The normalized spacial score (nSPS) is 19.5. The first-order valence-electron chi connectivity index (χ1n) is 11.0. The first-order chi connectivity index (χ1) is 14.8. The highest BCUT2D eigenvalue weighted by Crippen LogP contribution is 2.54. The van der Waals surface area contributed by atoms with E-state index >= 15 is 0 Å². The summed E-state index contributed by atoms with van der Waals surface area (Å²) in [5.41, 5.74) is 3.45. The van der Waals surface area contributed by atoms with Gasteiger partial charge in [0, 0.05) is 19.3 Å². The minimum Gasteiger partial charge on any atom is -0.491 e. The van der Waals surface area contributed by atoms with Crippen molar-refractivity contribution >= 4 is 27.1 Å². The number of hydrogen-bond acceptors (Lipinski definition) is 5. The van der Waals surface area contributed by atoms with Crippen LogP contribution in [0.3, 0.4) is 0 Å². The van der Waals surface area contributed by atoms with E-state index in [4.69, 9.17) is 4.74 Å². The summed E-state index contributed by atoms with van der Waals surface area (Å²) in [6.07, 6.45) is 7.87. The van der Waals surface area contributed by atoms with Crippen molar-refractivity contribution < 1.29 is 17.9 Å². The number of carbonyl (C=O) groups excluding carboxylic acids is 1. The van der Waals surface area contributed by atoms with Crippen LogP contribution in [-0.4, -0.2) is 40.3 Å². The van der Waals surface area contributed by atoms with Gasteiger partial charge in [-0.25, -0.2) is 8.42 Å². The van der Waals surface area contributed by atoms with Crippen LogP contribution >= 0.6 is 0 Å². The minimum absolute atomic E-state index is 0.242. The summed E-state index contributed by atoms with van der Waals surface area (Å²) in [4.78, 5) is 15.7. The molecule has 1 spiro atoms. The lowest BCUT2D eigenvalue weighted by Crippen LogP contribution is -2.35. The first kappa shape index (κ1) is 20.4. The molecule has 3 aliphatic rings. The minimum atomic E-state index is -3.37. The Labute approximate surface area is 183 Å². The van der Waals surface area contributed by atoms with Crippen LogP contribution in [0.1, 0.15) is 48.0 Å². The molecule has 0 bridgehead atoms. The third kappa shape index (κ3) is 4.03. The number of nitrogens with one attached hydrogen (secondary N) is 1. The quantitative estimate of drug-likeness (QED) is 0.776. The number of anilines is 2. The van der Waals surface area contributed by atoms with Crippen molar-refractivity contribution in [2.24, 2.45) is 5.41 Å². The number of aryl methyl sites for hydroxylation is 1. The molecule has 1 aliphatic carbocycles. The summed E-state index contributed by atoms with van der Waals surface area (Å²) in [6, 6.07) is 10.6. The summed E-state index contributed by atoms with van der Waals surface area (Å²) >= 11 is 0. The predicted octanol–water partition coefficient (Wildman–Crippen LogP) is 4.05. The Morgan fingerprint density at radius 2 is 1.87 bits per heavy atom. The smallest absolute Gasteiger partial charge is 0.257 e. The second-order valence-electron chi connectivity index (χ2n) is 9.14. The highest BCUT2D eigenvalue weighted by Gasteiger charge is 2.44. The van der Waals surface area contributed by atoms with E-state index in [1.807, 2.05) is 18.2 Å². The summed E-state index contributed by atoms with van der Waals surface area (Å²) in [5.74, 6) is 0.495. The maximum atomic E-state index is 13.3. The Hall–Kier alpha value is -2.54. The molecule has 31 heavy (non-hydrogen) atoms. The van der Waals surface area contributed by atoms with Gasteiger partial charge >= 0.3 is 0 Å². The number of benzene rings is 2. The van der Waals surface area contributed by atoms with Crippen LogP contribution in [-0.2, 0) is 16.3 Å². The van der Waals surface area contributed by atoms with E-state index in [-0.39, 0.29) is 10.8 Å². The lowest BCUT2D eigenvalue weighted by Gasteiger charge is -2.35. The molecule has 7 heteroatoms. The van der Waals surface area contributed by atoms with Crippen LogP contribution in [0.15, 0.2) is 41.3 Å². The Kier molecular flexibility index (Phi) is 4.96. The SMILES string of the molecule is CS(=O)(=O)c1ccc(C(=O)Nc2cccc3c2OCCC3)c(N2CCC3(CC2)CC3)c1. The number of amides is 1. The molecule has 0 atom stereocenters. The van der Waals surface area contributed by atoms with Gasteiger partial charge in [-0.05, 0) is 73.8 Å². The molecule has 2 aromatic rings. The van der Waals surface area contributed by atoms with Crippen molar-refractivity contribution in [1.82, 2.24) is 0 Å². The highest BCUT2D eigenvalue weighted by molar-refractivity contribution is 7.90. The monoisotopic (exact) mass is 440 g/mol. The van der Waals surface area contributed by atoms with E-state index in [2.05, 4.69) is 10.2 Å². The molecule has 1 N–H and O–H groups in total. The number of ether oxygens (including phenoxy) is 1. The highest BCUT2D eigenvalue weighted by atomic mass is 32.2. The van der Waals surface area contributed by atoms with Gasteiger partial charge in [0.2, 0.25) is 0 Å². The number of para-hydroxylation sites is 1. The van der Waals surface area contributed by atoms with Gasteiger partial charge in [0.05, 0.1) is 28.4 Å². The van der Waals surface area contributed by atoms with Crippen molar-refractivity contribution in [2.45, 2.75) is 43.4 Å². The second-order valence-corrected chi connectivity index (χ2v) is 11.2. The van der Waals surface area contributed by atoms with Crippen molar-refractivity contribution in [3.05, 3.63) is 47.5 Å². The van der Waals surface area contributed by atoms with Gasteiger partial charge < -0.3 is 15.0 Å². The van der Waals surface area contributed by atoms with Gasteiger partial charge in [0.1, 0.15) is 5.75 Å². The number of nitrogens with zero attached hydrogens (tertiary/aromatic N) is 1. The topological polar surface area (TPSA) is 75.7 Å². The predicted molar refractivity (Wildman–Crippen MR) is 121 cm³/mol. The first-order valence-corrected chi connectivity index (χ1v) is 12.9. The van der Waals surface area contributed by atoms with Crippen molar-refractivity contribution in [1.29, 1.82) is 0 Å². The lowest BCUT2D eigenvalue weighted by molar-refractivity contribution is 0.102. The molecule has 1 saturated heterocycles. The zero-order valence-corrected chi connectivity index (χ0v) is 18.6. The molecule has 5 rings (SSSR count). The fourth-order valence-electron chi connectivity index (χ4n) is 4.77. The Morgan fingerprint density at radius 3 is 2.58 bits per heavy atom. The van der Waals surface area contributed by atoms with Gasteiger partial charge in [-0.1, -0.05) is 12.1 Å². The number of fused-ring (bicyclic) bond motifs is 1. The molecule has 2 fully saturated rings. The van der Waals surface area contributed by atoms with Crippen LogP contribution < -0.4 is 15.0 Å². The molecule has 1 saturated carbocycles. The fourth-order valence-corrected chi connectivity index (χ4v) is 5.41. The molecule has 164 valence electrons. The Balaban J connectivity index is 1.47. The molecular weight excluding hydrogens is 412 g/mol. The van der Waals surface area contributed by atoms with Gasteiger partial charge in [-0.15, -0.1) is 0 Å². The number of piperidine rings is 1. The number of sulfone groups is 1.